The van der Waals surface area contributed by atoms with E-state index in [0.717, 1.165) is 0 Å². The van der Waals surface area contributed by atoms with Crippen molar-refractivity contribution < 1.29 is 9.59 Å². The average molecular weight is 350 g/mol. The maximum atomic E-state index is 12.3. The normalized spacial score (nSPS) is 13.8. The quantitative estimate of drug-likeness (QED) is 0.894. The van der Waals surface area contributed by atoms with Crippen molar-refractivity contribution >= 4 is 23.5 Å². The van der Waals surface area contributed by atoms with Crippen molar-refractivity contribution in [2.75, 3.05) is 36.4 Å². The van der Waals surface area contributed by atoms with Crippen LogP contribution in [0.4, 0.5) is 11.6 Å². The largest absolute Gasteiger partial charge is 0.339 e. The molecule has 1 aromatic heterocycles. The monoisotopic (exact) mass is 350 g/mol. The molecule has 1 aliphatic heterocycles. The minimum atomic E-state index is -0.317. The summed E-state index contributed by atoms with van der Waals surface area (Å²) in [6, 6.07) is 8.63. The van der Waals surface area contributed by atoms with Crippen LogP contribution < -0.4 is 10.2 Å². The lowest BCUT2D eigenvalue weighted by Gasteiger charge is -2.34. The average Bonchev–Trinajstić information content (AvgIpc) is 2.69. The Labute approximate surface area is 151 Å². The van der Waals surface area contributed by atoms with E-state index < -0.39 is 0 Å². The number of nitrogens with one attached hydrogen (secondary N) is 1. The number of hydrogen-bond donors (Lipinski definition) is 1. The Hall–Kier alpha value is -3.47. The fraction of sp³-hybridized carbons (Fsp3) is 0.278. The van der Waals surface area contributed by atoms with Gasteiger partial charge in [0.25, 0.3) is 5.91 Å². The second-order valence-electron chi connectivity index (χ2n) is 5.91. The Morgan fingerprint density at radius 3 is 2.23 bits per heavy atom. The third kappa shape index (κ3) is 3.95. The second kappa shape index (κ2) is 7.61. The van der Waals surface area contributed by atoms with Gasteiger partial charge in [-0.3, -0.25) is 9.59 Å². The lowest BCUT2D eigenvalue weighted by molar-refractivity contribution is -0.129. The highest BCUT2D eigenvalue weighted by molar-refractivity contribution is 6.03. The molecule has 1 saturated heterocycles. The molecule has 0 aliphatic carbocycles. The molecular formula is C18H18N6O2. The van der Waals surface area contributed by atoms with Crippen LogP contribution in [0.2, 0.25) is 0 Å². The molecule has 1 N–H and O–H groups in total. The van der Waals surface area contributed by atoms with Gasteiger partial charge < -0.3 is 15.1 Å². The SMILES string of the molecule is CC(=O)N1CCN(c2ncc(C(=O)Nc3ccc(C#N)cc3)cn2)CC1. The molecule has 2 amide bonds. The van der Waals surface area contributed by atoms with Crippen LogP contribution in [0, 0.1) is 11.3 Å². The molecule has 132 valence electrons. The number of hydrogen-bond acceptors (Lipinski definition) is 6. The van der Waals surface area contributed by atoms with E-state index in [4.69, 9.17) is 5.26 Å². The maximum absolute atomic E-state index is 12.3. The van der Waals surface area contributed by atoms with Crippen molar-refractivity contribution in [3.63, 3.8) is 0 Å². The van der Waals surface area contributed by atoms with Crippen molar-refractivity contribution in [2.45, 2.75) is 6.92 Å². The van der Waals surface area contributed by atoms with Crippen LogP contribution >= 0.6 is 0 Å². The minimum Gasteiger partial charge on any atom is -0.339 e. The molecule has 8 heteroatoms. The van der Waals surface area contributed by atoms with Gasteiger partial charge in [0, 0.05) is 51.2 Å². The van der Waals surface area contributed by atoms with Gasteiger partial charge in [-0.25, -0.2) is 9.97 Å². The number of aromatic nitrogens is 2. The van der Waals surface area contributed by atoms with Crippen molar-refractivity contribution in [2.24, 2.45) is 0 Å². The first-order chi connectivity index (χ1) is 12.6. The number of benzene rings is 1. The molecule has 0 bridgehead atoms. The van der Waals surface area contributed by atoms with Crippen LogP contribution in [0.5, 0.6) is 0 Å². The predicted molar refractivity (Wildman–Crippen MR) is 95.6 cm³/mol. The van der Waals surface area contributed by atoms with E-state index in [1.54, 1.807) is 36.1 Å². The van der Waals surface area contributed by atoms with Crippen molar-refractivity contribution in [3.05, 3.63) is 47.8 Å². The van der Waals surface area contributed by atoms with Crippen LogP contribution in [0.15, 0.2) is 36.7 Å². The van der Waals surface area contributed by atoms with Crippen LogP contribution in [0.1, 0.15) is 22.8 Å². The first kappa shape index (κ1) is 17.4. The summed E-state index contributed by atoms with van der Waals surface area (Å²) in [6.45, 7) is 4.17. The molecule has 0 radical (unpaired) electrons. The molecule has 3 rings (SSSR count). The molecule has 0 saturated carbocycles. The summed E-state index contributed by atoms with van der Waals surface area (Å²) in [6.07, 6.45) is 2.97. The van der Waals surface area contributed by atoms with Gasteiger partial charge in [-0.15, -0.1) is 0 Å². The van der Waals surface area contributed by atoms with Crippen molar-refractivity contribution in [1.29, 1.82) is 5.26 Å². The fourth-order valence-electron chi connectivity index (χ4n) is 2.65. The molecule has 1 fully saturated rings. The zero-order valence-electron chi connectivity index (χ0n) is 14.3. The van der Waals surface area contributed by atoms with Gasteiger partial charge in [-0.05, 0) is 24.3 Å². The molecule has 2 aromatic rings. The molecule has 0 atom stereocenters. The third-order valence-electron chi connectivity index (χ3n) is 4.18. The highest BCUT2D eigenvalue weighted by Gasteiger charge is 2.20. The van der Waals surface area contributed by atoms with Gasteiger partial charge in [-0.1, -0.05) is 0 Å². The van der Waals surface area contributed by atoms with Gasteiger partial charge >= 0.3 is 0 Å². The van der Waals surface area contributed by atoms with E-state index in [2.05, 4.69) is 15.3 Å². The summed E-state index contributed by atoms with van der Waals surface area (Å²) < 4.78 is 0. The minimum absolute atomic E-state index is 0.0698. The molecule has 26 heavy (non-hydrogen) atoms. The van der Waals surface area contributed by atoms with Crippen LogP contribution in [0.3, 0.4) is 0 Å². The Kier molecular flexibility index (Phi) is 5.08. The van der Waals surface area contributed by atoms with Gasteiger partial charge in [0.2, 0.25) is 11.9 Å². The number of anilines is 2. The number of nitrogens with zero attached hydrogens (tertiary/aromatic N) is 5. The van der Waals surface area contributed by atoms with E-state index in [-0.39, 0.29) is 11.8 Å². The van der Waals surface area contributed by atoms with Crippen LogP contribution in [-0.2, 0) is 4.79 Å². The van der Waals surface area contributed by atoms with E-state index in [1.165, 1.54) is 12.4 Å². The third-order valence-corrected chi connectivity index (χ3v) is 4.18. The molecule has 8 nitrogen and oxygen atoms in total. The zero-order chi connectivity index (χ0) is 18.5. The predicted octanol–water partition coefficient (Wildman–Crippen LogP) is 1.27. The highest BCUT2D eigenvalue weighted by Crippen LogP contribution is 2.13. The number of carbonyl (C=O) groups is 2. The highest BCUT2D eigenvalue weighted by atomic mass is 16.2. The fourth-order valence-corrected chi connectivity index (χ4v) is 2.65. The van der Waals surface area contributed by atoms with Crippen molar-refractivity contribution in [1.82, 2.24) is 14.9 Å². The Balaban J connectivity index is 1.61. The first-order valence-electron chi connectivity index (χ1n) is 8.21. The molecular weight excluding hydrogens is 332 g/mol. The van der Waals surface area contributed by atoms with Gasteiger partial charge in [0.1, 0.15) is 0 Å². The molecule has 1 aromatic carbocycles. The second-order valence-corrected chi connectivity index (χ2v) is 5.91. The van der Waals surface area contributed by atoms with E-state index in [9.17, 15) is 9.59 Å². The summed E-state index contributed by atoms with van der Waals surface area (Å²) in [7, 11) is 0. The topological polar surface area (TPSA) is 102 Å². The molecule has 0 spiro atoms. The number of carbonyl (C=O) groups excluding carboxylic acids is 2. The first-order valence-corrected chi connectivity index (χ1v) is 8.21. The lowest BCUT2D eigenvalue weighted by atomic mass is 10.2. The summed E-state index contributed by atoms with van der Waals surface area (Å²) in [5, 5.41) is 11.5. The zero-order valence-corrected chi connectivity index (χ0v) is 14.3. The van der Waals surface area contributed by atoms with Gasteiger partial charge in [0.15, 0.2) is 0 Å². The van der Waals surface area contributed by atoms with E-state index in [0.29, 0.717) is 48.9 Å². The Bertz CT molecular complexity index is 833. The molecule has 2 heterocycles. The van der Waals surface area contributed by atoms with Crippen LogP contribution in [-0.4, -0.2) is 52.9 Å². The number of rotatable bonds is 3. The smallest absolute Gasteiger partial charge is 0.258 e. The van der Waals surface area contributed by atoms with E-state index >= 15 is 0 Å². The van der Waals surface area contributed by atoms with Gasteiger partial charge in [0.05, 0.1) is 17.2 Å². The summed E-state index contributed by atoms with van der Waals surface area (Å²) in [5.41, 5.74) is 1.47. The Morgan fingerprint density at radius 2 is 1.69 bits per heavy atom. The Morgan fingerprint density at radius 1 is 1.08 bits per heavy atom. The number of amides is 2. The number of piperazine rings is 1. The molecule has 1 aliphatic rings. The lowest BCUT2D eigenvalue weighted by Crippen LogP contribution is -2.48. The molecule has 0 unspecified atom stereocenters. The summed E-state index contributed by atoms with van der Waals surface area (Å²) in [4.78, 5) is 35.9. The van der Waals surface area contributed by atoms with Crippen molar-refractivity contribution in [3.8, 4) is 6.07 Å². The van der Waals surface area contributed by atoms with Crippen LogP contribution in [0.25, 0.3) is 0 Å². The maximum Gasteiger partial charge on any atom is 0.258 e. The van der Waals surface area contributed by atoms with E-state index in [1.807, 2.05) is 11.0 Å². The number of nitriles is 1. The summed E-state index contributed by atoms with van der Waals surface area (Å²) in [5.74, 6) is 0.297. The standard InChI is InChI=1S/C18H18N6O2/c1-13(25)23-6-8-24(9-7-23)18-20-11-15(12-21-18)17(26)22-16-4-2-14(10-19)3-5-16/h2-5,11-12H,6-9H2,1H3,(H,22,26). The van der Waals surface area contributed by atoms with Gasteiger partial charge in [-0.2, -0.15) is 5.26 Å². The summed E-state index contributed by atoms with van der Waals surface area (Å²) >= 11 is 0.